The second-order valence-electron chi connectivity index (χ2n) is 10.2. The molecule has 0 spiro atoms. The maximum absolute atomic E-state index is 13.5. The Kier molecular flexibility index (Phi) is 10.2. The van der Waals surface area contributed by atoms with Crippen molar-refractivity contribution in [2.24, 2.45) is 5.10 Å². The lowest BCUT2D eigenvalue weighted by Crippen LogP contribution is -2.52. The van der Waals surface area contributed by atoms with E-state index < -0.39 is 21.8 Å². The van der Waals surface area contributed by atoms with Crippen LogP contribution in [-0.2, 0) is 32.7 Å². The van der Waals surface area contributed by atoms with Crippen LogP contribution >= 0.6 is 11.6 Å². The molecule has 0 aliphatic carbocycles. The maximum Gasteiger partial charge on any atom is 0.329 e. The SMILES string of the molecule is COc1ccccc1N1CCN(C(=O)C(=O)N/N=C/c2ccc(CN(Cc3ccc(Cl)cc3)S(=O)(=O)c3ccccc3)o2)CC1. The molecule has 234 valence electrons. The first-order chi connectivity index (χ1) is 21.7. The third kappa shape index (κ3) is 7.90. The van der Waals surface area contributed by atoms with Crippen molar-refractivity contribution in [2.45, 2.75) is 18.0 Å². The number of hydrogen-bond acceptors (Lipinski definition) is 8. The highest BCUT2D eigenvalue weighted by Gasteiger charge is 2.28. The van der Waals surface area contributed by atoms with E-state index in [1.165, 1.54) is 27.6 Å². The summed E-state index contributed by atoms with van der Waals surface area (Å²) in [7, 11) is -2.26. The number of carbonyl (C=O) groups excluding carboxylic acids is 2. The van der Waals surface area contributed by atoms with Crippen LogP contribution in [0.5, 0.6) is 5.75 Å². The molecule has 1 fully saturated rings. The van der Waals surface area contributed by atoms with Gasteiger partial charge in [-0.2, -0.15) is 9.41 Å². The lowest BCUT2D eigenvalue weighted by atomic mass is 10.2. The van der Waals surface area contributed by atoms with Gasteiger partial charge in [-0.15, -0.1) is 0 Å². The summed E-state index contributed by atoms with van der Waals surface area (Å²) in [6, 6.07) is 26.0. The van der Waals surface area contributed by atoms with E-state index in [0.717, 1.165) is 17.0 Å². The average molecular weight is 650 g/mol. The fourth-order valence-electron chi connectivity index (χ4n) is 4.87. The molecule has 1 aromatic heterocycles. The molecule has 0 unspecified atom stereocenters. The highest BCUT2D eigenvalue weighted by molar-refractivity contribution is 7.89. The van der Waals surface area contributed by atoms with Crippen molar-refractivity contribution in [1.29, 1.82) is 0 Å². The van der Waals surface area contributed by atoms with Crippen LogP contribution in [0.1, 0.15) is 17.1 Å². The van der Waals surface area contributed by atoms with E-state index in [0.29, 0.717) is 37.0 Å². The Balaban J connectivity index is 1.18. The molecular weight excluding hydrogens is 618 g/mol. The maximum atomic E-state index is 13.5. The minimum absolute atomic E-state index is 0.0562. The Morgan fingerprint density at radius 2 is 1.62 bits per heavy atom. The van der Waals surface area contributed by atoms with Crippen molar-refractivity contribution >= 4 is 45.3 Å². The third-order valence-corrected chi connectivity index (χ3v) is 9.27. The standard InChI is InChI=1S/C32H32ClN5O6S/c1-43-30-10-6-5-9-29(30)36-17-19-37(20-18-36)32(40)31(39)35-34-21-26-15-16-27(44-26)23-38(22-24-11-13-25(33)14-12-24)45(41,42)28-7-3-2-4-8-28/h2-16,21H,17-20,22-23H2,1H3,(H,35,39)/b34-21+. The summed E-state index contributed by atoms with van der Waals surface area (Å²) in [5.74, 6) is -0.174. The summed E-state index contributed by atoms with van der Waals surface area (Å²) < 4.78 is 39.6. The number of hydrazone groups is 1. The van der Waals surface area contributed by atoms with E-state index in [2.05, 4.69) is 15.4 Å². The van der Waals surface area contributed by atoms with Gasteiger partial charge in [0, 0.05) is 37.7 Å². The van der Waals surface area contributed by atoms with Gasteiger partial charge in [0.2, 0.25) is 10.0 Å². The number of ether oxygens (including phenoxy) is 1. The predicted molar refractivity (Wildman–Crippen MR) is 171 cm³/mol. The summed E-state index contributed by atoms with van der Waals surface area (Å²) in [4.78, 5) is 29.0. The van der Waals surface area contributed by atoms with Crippen LogP contribution in [0.3, 0.4) is 0 Å². The van der Waals surface area contributed by atoms with Crippen LogP contribution in [0.15, 0.2) is 105 Å². The second-order valence-corrected chi connectivity index (χ2v) is 12.5. The fraction of sp³-hybridized carbons (Fsp3) is 0.219. The van der Waals surface area contributed by atoms with Crippen LogP contribution in [0.2, 0.25) is 5.02 Å². The number of hydrogen-bond donors (Lipinski definition) is 1. The lowest BCUT2D eigenvalue weighted by Gasteiger charge is -2.36. The topological polar surface area (TPSA) is 125 Å². The molecule has 2 amide bonds. The Morgan fingerprint density at radius 3 is 2.33 bits per heavy atom. The molecule has 0 atom stereocenters. The van der Waals surface area contributed by atoms with Gasteiger partial charge in [-0.1, -0.05) is 54.1 Å². The number of rotatable bonds is 10. The third-order valence-electron chi connectivity index (χ3n) is 7.21. The Hall–Kier alpha value is -4.65. The zero-order valence-corrected chi connectivity index (χ0v) is 26.1. The van der Waals surface area contributed by atoms with E-state index in [1.807, 2.05) is 24.3 Å². The molecule has 3 aromatic carbocycles. The van der Waals surface area contributed by atoms with Crippen LogP contribution in [0, 0.1) is 0 Å². The Labute approximate surface area is 266 Å². The highest BCUT2D eigenvalue weighted by atomic mass is 35.5. The molecule has 0 bridgehead atoms. The van der Waals surface area contributed by atoms with E-state index in [1.54, 1.807) is 61.7 Å². The van der Waals surface area contributed by atoms with Crippen molar-refractivity contribution < 1.29 is 27.2 Å². The van der Waals surface area contributed by atoms with Crippen LogP contribution in [0.4, 0.5) is 5.69 Å². The highest BCUT2D eigenvalue weighted by Crippen LogP contribution is 2.28. The molecule has 1 saturated heterocycles. The summed E-state index contributed by atoms with van der Waals surface area (Å²) in [6.45, 7) is 1.87. The number of halogens is 1. The molecule has 11 nitrogen and oxygen atoms in total. The molecule has 0 saturated carbocycles. The number of methoxy groups -OCH3 is 1. The minimum Gasteiger partial charge on any atom is -0.495 e. The van der Waals surface area contributed by atoms with Gasteiger partial charge < -0.3 is 19.0 Å². The number of nitrogens with zero attached hydrogens (tertiary/aromatic N) is 4. The number of anilines is 1. The predicted octanol–water partition coefficient (Wildman–Crippen LogP) is 4.13. The van der Waals surface area contributed by atoms with Gasteiger partial charge >= 0.3 is 11.8 Å². The lowest BCUT2D eigenvalue weighted by molar-refractivity contribution is -0.146. The van der Waals surface area contributed by atoms with Crippen molar-refractivity contribution in [3.05, 3.63) is 113 Å². The first-order valence-electron chi connectivity index (χ1n) is 14.1. The molecular formula is C32H32ClN5O6S. The molecule has 45 heavy (non-hydrogen) atoms. The molecule has 2 heterocycles. The zero-order chi connectivity index (χ0) is 31.8. The Morgan fingerprint density at radius 1 is 0.933 bits per heavy atom. The summed E-state index contributed by atoms with van der Waals surface area (Å²) >= 11 is 6.01. The number of furan rings is 1. The van der Waals surface area contributed by atoms with E-state index >= 15 is 0 Å². The zero-order valence-electron chi connectivity index (χ0n) is 24.5. The number of para-hydroxylation sites is 2. The number of nitrogens with one attached hydrogen (secondary N) is 1. The van der Waals surface area contributed by atoms with Crippen LogP contribution in [-0.4, -0.2) is 68.9 Å². The number of sulfonamides is 1. The van der Waals surface area contributed by atoms with Crippen LogP contribution in [0.25, 0.3) is 0 Å². The monoisotopic (exact) mass is 649 g/mol. The van der Waals surface area contributed by atoms with E-state index in [4.69, 9.17) is 20.8 Å². The molecule has 1 aliphatic rings. The number of carbonyl (C=O) groups is 2. The molecule has 1 N–H and O–H groups in total. The van der Waals surface area contributed by atoms with Crippen molar-refractivity contribution in [3.63, 3.8) is 0 Å². The van der Waals surface area contributed by atoms with Gasteiger partial charge in [-0.05, 0) is 54.1 Å². The van der Waals surface area contributed by atoms with Crippen LogP contribution < -0.4 is 15.1 Å². The largest absolute Gasteiger partial charge is 0.495 e. The van der Waals surface area contributed by atoms with Crippen molar-refractivity contribution in [2.75, 3.05) is 38.2 Å². The minimum atomic E-state index is -3.87. The van der Waals surface area contributed by atoms with Crippen molar-refractivity contribution in [1.82, 2.24) is 14.6 Å². The Bertz CT molecular complexity index is 1750. The van der Waals surface area contributed by atoms with Gasteiger partial charge in [-0.3, -0.25) is 9.59 Å². The first-order valence-corrected chi connectivity index (χ1v) is 15.9. The smallest absolute Gasteiger partial charge is 0.329 e. The molecule has 4 aromatic rings. The number of benzene rings is 3. The molecule has 5 rings (SSSR count). The summed E-state index contributed by atoms with van der Waals surface area (Å²) in [5.41, 5.74) is 3.94. The molecule has 1 aliphatic heterocycles. The summed E-state index contributed by atoms with van der Waals surface area (Å²) in [5, 5.41) is 4.42. The van der Waals surface area contributed by atoms with Gasteiger partial charge in [0.05, 0.1) is 30.5 Å². The van der Waals surface area contributed by atoms with Crippen molar-refractivity contribution in [3.8, 4) is 5.75 Å². The van der Waals surface area contributed by atoms with Gasteiger partial charge in [0.1, 0.15) is 17.3 Å². The second kappa shape index (κ2) is 14.4. The number of piperazine rings is 1. The van der Waals surface area contributed by atoms with E-state index in [9.17, 15) is 18.0 Å². The normalized spacial score (nSPS) is 13.8. The van der Waals surface area contributed by atoms with Gasteiger partial charge in [-0.25, -0.2) is 13.8 Å². The summed E-state index contributed by atoms with van der Waals surface area (Å²) in [6.07, 6.45) is 1.25. The van der Waals surface area contributed by atoms with Gasteiger partial charge in [0.15, 0.2) is 0 Å². The fourth-order valence-corrected chi connectivity index (χ4v) is 6.41. The molecule has 13 heteroatoms. The number of amides is 2. The van der Waals surface area contributed by atoms with E-state index in [-0.39, 0.29) is 23.7 Å². The molecule has 0 radical (unpaired) electrons. The first kappa shape index (κ1) is 31.8. The quantitative estimate of drug-likeness (QED) is 0.156. The average Bonchev–Trinajstić information content (AvgIpc) is 3.52. The van der Waals surface area contributed by atoms with Gasteiger partial charge in [0.25, 0.3) is 0 Å².